The Balaban J connectivity index is 2.37. The molecule has 1 rings (SSSR count). The topological polar surface area (TPSA) is 83.6 Å². The molecule has 0 aromatic rings. The normalized spacial score (nSPS) is 19.1. The number of nitrogens with zero attached hydrogens (tertiary/aromatic N) is 1. The standard InChI is InChI=1S/C12H22N2O3/c1-2-3-9-4-6-14(7-5-9)12(17)10(13)8-11(15)16/h9-10H,2-8,13H2,1H3,(H,15,16). The molecule has 3 N–H and O–H groups in total. The molecule has 1 saturated heterocycles. The van der Waals surface area contributed by atoms with Gasteiger partial charge < -0.3 is 15.7 Å². The van der Waals surface area contributed by atoms with E-state index in [4.69, 9.17) is 10.8 Å². The molecule has 0 bridgehead atoms. The number of rotatable bonds is 5. The fourth-order valence-electron chi connectivity index (χ4n) is 2.36. The molecule has 0 aromatic carbocycles. The molecule has 5 nitrogen and oxygen atoms in total. The van der Waals surface area contributed by atoms with Gasteiger partial charge in [0.15, 0.2) is 0 Å². The molecule has 0 spiro atoms. The third-order valence-electron chi connectivity index (χ3n) is 3.33. The van der Waals surface area contributed by atoms with Crippen molar-refractivity contribution in [3.63, 3.8) is 0 Å². The second kappa shape index (κ2) is 6.59. The highest BCUT2D eigenvalue weighted by molar-refractivity contribution is 5.86. The summed E-state index contributed by atoms with van der Waals surface area (Å²) in [5.74, 6) is -0.534. The molecule has 1 aliphatic heterocycles. The van der Waals surface area contributed by atoms with Crippen LogP contribution in [0.1, 0.15) is 39.0 Å². The third kappa shape index (κ3) is 4.34. The highest BCUT2D eigenvalue weighted by Crippen LogP contribution is 2.22. The fraction of sp³-hybridized carbons (Fsp3) is 0.833. The van der Waals surface area contributed by atoms with Crippen molar-refractivity contribution in [1.29, 1.82) is 0 Å². The lowest BCUT2D eigenvalue weighted by Crippen LogP contribution is -2.47. The van der Waals surface area contributed by atoms with Crippen molar-refractivity contribution in [1.82, 2.24) is 4.90 Å². The van der Waals surface area contributed by atoms with Crippen LogP contribution >= 0.6 is 0 Å². The first-order valence-corrected chi connectivity index (χ1v) is 6.30. The van der Waals surface area contributed by atoms with Crippen LogP contribution in [0.4, 0.5) is 0 Å². The van der Waals surface area contributed by atoms with Gasteiger partial charge in [-0.1, -0.05) is 19.8 Å². The van der Waals surface area contributed by atoms with Gasteiger partial charge in [-0.05, 0) is 18.8 Å². The molecule has 0 saturated carbocycles. The summed E-state index contributed by atoms with van der Waals surface area (Å²) in [4.78, 5) is 24.0. The van der Waals surface area contributed by atoms with Crippen LogP contribution in [-0.4, -0.2) is 41.0 Å². The number of carboxylic acids is 1. The van der Waals surface area contributed by atoms with E-state index in [0.29, 0.717) is 5.92 Å². The highest BCUT2D eigenvalue weighted by Gasteiger charge is 2.26. The lowest BCUT2D eigenvalue weighted by molar-refractivity contribution is -0.142. The summed E-state index contributed by atoms with van der Waals surface area (Å²) in [6.07, 6.45) is 4.13. The fourth-order valence-corrected chi connectivity index (χ4v) is 2.36. The van der Waals surface area contributed by atoms with E-state index in [9.17, 15) is 9.59 Å². The summed E-state index contributed by atoms with van der Waals surface area (Å²) in [7, 11) is 0. The Morgan fingerprint density at radius 2 is 2.00 bits per heavy atom. The second-order valence-corrected chi connectivity index (χ2v) is 4.76. The zero-order chi connectivity index (χ0) is 12.8. The number of carboxylic acid groups (broad SMARTS) is 1. The van der Waals surface area contributed by atoms with Crippen LogP contribution in [0, 0.1) is 5.92 Å². The van der Waals surface area contributed by atoms with Crippen LogP contribution in [0.5, 0.6) is 0 Å². The van der Waals surface area contributed by atoms with Gasteiger partial charge in [-0.25, -0.2) is 0 Å². The molecule has 17 heavy (non-hydrogen) atoms. The number of hydrogen-bond donors (Lipinski definition) is 2. The summed E-state index contributed by atoms with van der Waals surface area (Å²) in [6.45, 7) is 3.61. The molecule has 98 valence electrons. The molecule has 1 atom stereocenters. The van der Waals surface area contributed by atoms with Gasteiger partial charge in [0.2, 0.25) is 5.91 Å². The number of carbonyl (C=O) groups is 2. The Kier molecular flexibility index (Phi) is 5.41. The van der Waals surface area contributed by atoms with Crippen LogP contribution in [0.3, 0.4) is 0 Å². The quantitative estimate of drug-likeness (QED) is 0.748. The summed E-state index contributed by atoms with van der Waals surface area (Å²) in [5.41, 5.74) is 5.57. The zero-order valence-electron chi connectivity index (χ0n) is 10.4. The number of aliphatic carboxylic acids is 1. The molecule has 0 aromatic heterocycles. The van der Waals surface area contributed by atoms with E-state index in [1.54, 1.807) is 4.90 Å². The summed E-state index contributed by atoms with van der Waals surface area (Å²) in [6, 6.07) is -0.893. The van der Waals surface area contributed by atoms with Crippen LogP contribution in [0.2, 0.25) is 0 Å². The van der Waals surface area contributed by atoms with E-state index in [1.807, 2.05) is 0 Å². The van der Waals surface area contributed by atoms with E-state index < -0.39 is 12.0 Å². The summed E-state index contributed by atoms with van der Waals surface area (Å²) < 4.78 is 0. The largest absolute Gasteiger partial charge is 0.481 e. The Hall–Kier alpha value is -1.10. The maximum absolute atomic E-state index is 11.8. The highest BCUT2D eigenvalue weighted by atomic mass is 16.4. The van der Waals surface area contributed by atoms with Gasteiger partial charge in [0.05, 0.1) is 12.5 Å². The van der Waals surface area contributed by atoms with E-state index in [-0.39, 0.29) is 12.3 Å². The predicted molar refractivity (Wildman–Crippen MR) is 64.4 cm³/mol. The maximum atomic E-state index is 11.8. The smallest absolute Gasteiger partial charge is 0.305 e. The Bertz CT molecular complexity index is 273. The molecule has 1 fully saturated rings. The summed E-state index contributed by atoms with van der Waals surface area (Å²) in [5, 5.41) is 8.59. The van der Waals surface area contributed by atoms with Crippen molar-refractivity contribution in [2.24, 2.45) is 11.7 Å². The predicted octanol–water partition coefficient (Wildman–Crippen LogP) is 0.827. The molecule has 0 radical (unpaired) electrons. The zero-order valence-corrected chi connectivity index (χ0v) is 10.4. The van der Waals surface area contributed by atoms with E-state index in [0.717, 1.165) is 25.9 Å². The molecule has 1 unspecified atom stereocenters. The van der Waals surface area contributed by atoms with Gasteiger partial charge in [0.1, 0.15) is 0 Å². The van der Waals surface area contributed by atoms with Gasteiger partial charge in [0, 0.05) is 13.1 Å². The van der Waals surface area contributed by atoms with E-state index in [1.165, 1.54) is 12.8 Å². The van der Waals surface area contributed by atoms with E-state index >= 15 is 0 Å². The van der Waals surface area contributed by atoms with Crippen LogP contribution in [-0.2, 0) is 9.59 Å². The lowest BCUT2D eigenvalue weighted by Gasteiger charge is -2.33. The SMILES string of the molecule is CCCC1CCN(C(=O)C(N)CC(=O)O)CC1. The minimum atomic E-state index is -1.02. The van der Waals surface area contributed by atoms with Crippen molar-refractivity contribution in [2.45, 2.75) is 45.1 Å². The minimum absolute atomic E-state index is 0.220. The van der Waals surface area contributed by atoms with Crippen molar-refractivity contribution in [2.75, 3.05) is 13.1 Å². The Morgan fingerprint density at radius 3 is 2.47 bits per heavy atom. The maximum Gasteiger partial charge on any atom is 0.305 e. The Labute approximate surface area is 102 Å². The first-order chi connectivity index (χ1) is 8.04. The van der Waals surface area contributed by atoms with Gasteiger partial charge in [-0.3, -0.25) is 9.59 Å². The van der Waals surface area contributed by atoms with Crippen molar-refractivity contribution < 1.29 is 14.7 Å². The van der Waals surface area contributed by atoms with Crippen LogP contribution in [0.25, 0.3) is 0 Å². The molecule has 1 amide bonds. The molecular weight excluding hydrogens is 220 g/mol. The second-order valence-electron chi connectivity index (χ2n) is 4.76. The number of likely N-dealkylation sites (tertiary alicyclic amines) is 1. The molecule has 1 aliphatic rings. The van der Waals surface area contributed by atoms with Gasteiger partial charge in [-0.15, -0.1) is 0 Å². The number of carbonyl (C=O) groups excluding carboxylic acids is 1. The van der Waals surface area contributed by atoms with Gasteiger partial charge >= 0.3 is 5.97 Å². The van der Waals surface area contributed by atoms with Crippen LogP contribution < -0.4 is 5.73 Å². The molecule has 0 aliphatic carbocycles. The molecular formula is C12H22N2O3. The summed E-state index contributed by atoms with van der Waals surface area (Å²) >= 11 is 0. The van der Waals surface area contributed by atoms with Gasteiger partial charge in [0.25, 0.3) is 0 Å². The molecule has 1 heterocycles. The number of hydrogen-bond acceptors (Lipinski definition) is 3. The van der Waals surface area contributed by atoms with Crippen LogP contribution in [0.15, 0.2) is 0 Å². The average molecular weight is 242 g/mol. The number of amides is 1. The van der Waals surface area contributed by atoms with Gasteiger partial charge in [-0.2, -0.15) is 0 Å². The molecule has 5 heteroatoms. The van der Waals surface area contributed by atoms with Crippen molar-refractivity contribution >= 4 is 11.9 Å². The first-order valence-electron chi connectivity index (χ1n) is 6.30. The third-order valence-corrected chi connectivity index (χ3v) is 3.33. The van der Waals surface area contributed by atoms with Crippen molar-refractivity contribution in [3.05, 3.63) is 0 Å². The number of nitrogens with two attached hydrogens (primary N) is 1. The Morgan fingerprint density at radius 1 is 1.41 bits per heavy atom. The van der Waals surface area contributed by atoms with E-state index in [2.05, 4.69) is 6.92 Å². The first kappa shape index (κ1) is 14.0. The monoisotopic (exact) mass is 242 g/mol. The number of piperidine rings is 1. The average Bonchev–Trinajstić information content (AvgIpc) is 2.28. The minimum Gasteiger partial charge on any atom is -0.481 e. The van der Waals surface area contributed by atoms with Crippen molar-refractivity contribution in [3.8, 4) is 0 Å². The lowest BCUT2D eigenvalue weighted by atomic mass is 9.92.